The van der Waals surface area contributed by atoms with Gasteiger partial charge in [0.25, 0.3) is 0 Å². The molecule has 0 bridgehead atoms. The number of rotatable bonds is 2. The number of nitrogens with zero attached hydrogens (tertiary/aromatic N) is 1. The maximum absolute atomic E-state index is 6.21. The van der Waals surface area contributed by atoms with Gasteiger partial charge in [0.2, 0.25) is 0 Å². The van der Waals surface area contributed by atoms with Crippen molar-refractivity contribution in [1.29, 1.82) is 0 Å². The predicted octanol–water partition coefficient (Wildman–Crippen LogP) is 3.01. The summed E-state index contributed by atoms with van der Waals surface area (Å²) in [5.41, 5.74) is 2.72. The number of nitrogens with one attached hydrogen (secondary N) is 1. The summed E-state index contributed by atoms with van der Waals surface area (Å²) in [6.07, 6.45) is 3.68. The highest BCUT2D eigenvalue weighted by Crippen LogP contribution is 2.38. The van der Waals surface area contributed by atoms with Crippen molar-refractivity contribution in [3.63, 3.8) is 0 Å². The van der Waals surface area contributed by atoms with Gasteiger partial charge in [0, 0.05) is 31.1 Å². The fourth-order valence-corrected chi connectivity index (χ4v) is 4.31. The summed E-state index contributed by atoms with van der Waals surface area (Å²) in [6.45, 7) is 9.08. The maximum Gasteiger partial charge on any atom is 0.127 e. The molecule has 0 aliphatic carbocycles. The van der Waals surface area contributed by atoms with Crippen LogP contribution in [0.25, 0.3) is 0 Å². The van der Waals surface area contributed by atoms with Gasteiger partial charge in [0.05, 0.1) is 0 Å². The molecule has 0 aromatic heterocycles. The predicted molar refractivity (Wildman–Crippen MR) is 91.9 cm³/mol. The number of piperidine rings is 1. The zero-order valence-corrected chi connectivity index (χ0v) is 14.4. The van der Waals surface area contributed by atoms with E-state index in [0.717, 1.165) is 30.7 Å². The Hall–Kier alpha value is -0.770. The van der Waals surface area contributed by atoms with Crippen LogP contribution in [-0.2, 0) is 13.0 Å². The quantitative estimate of drug-likeness (QED) is 0.906. The summed E-state index contributed by atoms with van der Waals surface area (Å²) in [5.74, 6) is 2.02. The Morgan fingerprint density at radius 3 is 3.05 bits per heavy atom. The summed E-state index contributed by atoms with van der Waals surface area (Å²) >= 11 is 0. The number of hydrogen-bond donors (Lipinski definition) is 1. The average Bonchev–Trinajstić information content (AvgIpc) is 3.01. The van der Waals surface area contributed by atoms with Crippen LogP contribution in [0.15, 0.2) is 18.2 Å². The largest absolute Gasteiger partial charge is 0.487 e. The van der Waals surface area contributed by atoms with Crippen molar-refractivity contribution in [3.05, 3.63) is 29.3 Å². The highest BCUT2D eigenvalue weighted by molar-refractivity contribution is 5.85. The monoisotopic (exact) mass is 322 g/mol. The zero-order chi connectivity index (χ0) is 14.4. The van der Waals surface area contributed by atoms with Gasteiger partial charge in [0.15, 0.2) is 0 Å². The van der Waals surface area contributed by atoms with E-state index in [1.165, 1.54) is 43.6 Å². The van der Waals surface area contributed by atoms with Crippen LogP contribution in [0.5, 0.6) is 5.75 Å². The Kier molecular flexibility index (Phi) is 4.41. The summed E-state index contributed by atoms with van der Waals surface area (Å²) in [4.78, 5) is 2.62. The van der Waals surface area contributed by atoms with Gasteiger partial charge in [0.1, 0.15) is 11.4 Å². The smallest absolute Gasteiger partial charge is 0.127 e. The second-order valence-corrected chi connectivity index (χ2v) is 7.58. The lowest BCUT2D eigenvalue weighted by Crippen LogP contribution is -2.43. The van der Waals surface area contributed by atoms with Crippen LogP contribution < -0.4 is 10.1 Å². The van der Waals surface area contributed by atoms with Gasteiger partial charge < -0.3 is 10.1 Å². The van der Waals surface area contributed by atoms with E-state index in [1.54, 1.807) is 0 Å². The van der Waals surface area contributed by atoms with E-state index >= 15 is 0 Å². The molecule has 0 radical (unpaired) electrons. The van der Waals surface area contributed by atoms with E-state index in [0.29, 0.717) is 0 Å². The summed E-state index contributed by atoms with van der Waals surface area (Å²) in [6, 6.07) is 7.45. The molecule has 1 N–H and O–H groups in total. The number of likely N-dealkylation sites (tertiary alicyclic amines) is 1. The minimum atomic E-state index is -0.0409. The summed E-state index contributed by atoms with van der Waals surface area (Å²) < 4.78 is 6.21. The highest BCUT2D eigenvalue weighted by atomic mass is 35.5. The molecule has 4 heteroatoms. The Balaban J connectivity index is 0.00000144. The zero-order valence-electron chi connectivity index (χ0n) is 13.6. The van der Waals surface area contributed by atoms with Crippen LogP contribution in [-0.4, -0.2) is 36.2 Å². The number of ether oxygens (including phenoxy) is 1. The van der Waals surface area contributed by atoms with Gasteiger partial charge in [-0.2, -0.15) is 0 Å². The topological polar surface area (TPSA) is 24.5 Å². The molecule has 3 heterocycles. The first-order valence-electron chi connectivity index (χ1n) is 8.36. The highest BCUT2D eigenvalue weighted by Gasteiger charge is 2.34. The van der Waals surface area contributed by atoms with Crippen molar-refractivity contribution >= 4 is 12.4 Å². The molecular formula is C18H27ClN2O. The van der Waals surface area contributed by atoms with Gasteiger partial charge in [-0.25, -0.2) is 0 Å². The van der Waals surface area contributed by atoms with Crippen molar-refractivity contribution in [1.82, 2.24) is 10.2 Å². The average molecular weight is 323 g/mol. The van der Waals surface area contributed by atoms with E-state index in [9.17, 15) is 0 Å². The molecule has 2 fully saturated rings. The van der Waals surface area contributed by atoms with Crippen LogP contribution in [0.4, 0.5) is 0 Å². The molecule has 1 aromatic carbocycles. The molecular weight excluding hydrogens is 296 g/mol. The summed E-state index contributed by atoms with van der Waals surface area (Å²) in [5, 5.41) is 3.64. The first-order valence-corrected chi connectivity index (χ1v) is 8.36. The van der Waals surface area contributed by atoms with Crippen molar-refractivity contribution in [2.24, 2.45) is 5.92 Å². The van der Waals surface area contributed by atoms with Crippen LogP contribution in [0.1, 0.15) is 37.8 Å². The molecule has 2 unspecified atom stereocenters. The van der Waals surface area contributed by atoms with Gasteiger partial charge >= 0.3 is 0 Å². The molecule has 4 rings (SSSR count). The number of hydrogen-bond acceptors (Lipinski definition) is 3. The molecule has 0 spiro atoms. The molecule has 122 valence electrons. The van der Waals surface area contributed by atoms with Gasteiger partial charge in [-0.15, -0.1) is 12.4 Å². The third kappa shape index (κ3) is 2.99. The Labute approximate surface area is 139 Å². The number of benzene rings is 1. The van der Waals surface area contributed by atoms with E-state index in [2.05, 4.69) is 42.3 Å². The lowest BCUT2D eigenvalue weighted by atomic mass is 9.93. The number of fused-ring (bicyclic) bond motifs is 2. The fourth-order valence-electron chi connectivity index (χ4n) is 4.31. The lowest BCUT2D eigenvalue weighted by Gasteiger charge is -2.35. The molecule has 3 aliphatic heterocycles. The molecule has 2 atom stereocenters. The molecule has 3 nitrogen and oxygen atoms in total. The molecule has 3 aliphatic rings. The van der Waals surface area contributed by atoms with Gasteiger partial charge in [-0.1, -0.05) is 18.2 Å². The van der Waals surface area contributed by atoms with Crippen LogP contribution >= 0.6 is 12.4 Å². The molecule has 22 heavy (non-hydrogen) atoms. The van der Waals surface area contributed by atoms with Crippen LogP contribution in [0, 0.1) is 5.92 Å². The second-order valence-electron chi connectivity index (χ2n) is 7.58. The van der Waals surface area contributed by atoms with Crippen molar-refractivity contribution < 1.29 is 4.74 Å². The van der Waals surface area contributed by atoms with Crippen molar-refractivity contribution in [3.8, 4) is 5.75 Å². The van der Waals surface area contributed by atoms with Crippen molar-refractivity contribution in [2.75, 3.05) is 19.6 Å². The fraction of sp³-hybridized carbons (Fsp3) is 0.667. The van der Waals surface area contributed by atoms with Crippen LogP contribution in [0.2, 0.25) is 0 Å². The Morgan fingerprint density at radius 2 is 2.18 bits per heavy atom. The van der Waals surface area contributed by atoms with E-state index in [-0.39, 0.29) is 18.0 Å². The molecule has 0 amide bonds. The summed E-state index contributed by atoms with van der Waals surface area (Å²) in [7, 11) is 0. The lowest BCUT2D eigenvalue weighted by molar-refractivity contribution is 0.129. The number of halogens is 1. The standard InChI is InChI=1S/C18H26N2O.ClH/c1-18(2)10-13-4-3-5-15(17(13)21-18)12-20-9-7-16-14(11-20)6-8-19-16;/h3-5,14,16,19H,6-12H2,1-2H3;1H. The first kappa shape index (κ1) is 16.1. The van der Waals surface area contributed by atoms with Crippen molar-refractivity contribution in [2.45, 2.75) is 51.3 Å². The van der Waals surface area contributed by atoms with E-state index in [4.69, 9.17) is 4.74 Å². The van der Waals surface area contributed by atoms with E-state index < -0.39 is 0 Å². The molecule has 1 aromatic rings. The molecule has 0 saturated carbocycles. The van der Waals surface area contributed by atoms with E-state index in [1.807, 2.05) is 0 Å². The Morgan fingerprint density at radius 1 is 1.32 bits per heavy atom. The van der Waals surface area contributed by atoms with Gasteiger partial charge in [-0.3, -0.25) is 4.90 Å². The third-order valence-corrected chi connectivity index (χ3v) is 5.31. The van der Waals surface area contributed by atoms with Crippen LogP contribution in [0.3, 0.4) is 0 Å². The second kappa shape index (κ2) is 6.03. The molecule has 2 saturated heterocycles. The Bertz CT molecular complexity index is 546. The minimum absolute atomic E-state index is 0. The minimum Gasteiger partial charge on any atom is -0.487 e. The van der Waals surface area contributed by atoms with Gasteiger partial charge in [-0.05, 0) is 51.3 Å². The maximum atomic E-state index is 6.21. The normalized spacial score (nSPS) is 29.4. The SMILES string of the molecule is CC1(C)Cc2cccc(CN3CCC4NCCC4C3)c2O1.Cl. The number of para-hydroxylation sites is 1. The third-order valence-electron chi connectivity index (χ3n) is 5.31. The first-order chi connectivity index (χ1) is 10.1.